The molecule has 0 fully saturated rings. The standard InChI is InChI=1S/C10H22N4O.HI/c1-14(8-9-15-2)7-6-13-10-11-4-3-5-12-10;/h3-9H2,1-2H3,(H2,11,12,13);1H. The number of nitrogens with one attached hydrogen (secondary N) is 2. The lowest BCUT2D eigenvalue weighted by Crippen LogP contribution is -2.43. The molecular weight excluding hydrogens is 319 g/mol. The molecule has 2 N–H and O–H groups in total. The third kappa shape index (κ3) is 7.24. The van der Waals surface area contributed by atoms with Crippen LogP contribution in [0.25, 0.3) is 0 Å². The zero-order chi connectivity index (χ0) is 10.9. The van der Waals surface area contributed by atoms with Crippen LogP contribution in [-0.2, 0) is 4.74 Å². The molecular formula is C10H23IN4O. The molecule has 1 aliphatic heterocycles. The van der Waals surface area contributed by atoms with Crippen LogP contribution in [0, 0.1) is 0 Å². The summed E-state index contributed by atoms with van der Waals surface area (Å²) in [4.78, 5) is 6.58. The first-order valence-corrected chi connectivity index (χ1v) is 5.52. The van der Waals surface area contributed by atoms with Gasteiger partial charge in [0.15, 0.2) is 5.96 Å². The Bertz CT molecular complexity index is 201. The van der Waals surface area contributed by atoms with Crippen molar-refractivity contribution in [1.82, 2.24) is 15.5 Å². The second-order valence-corrected chi connectivity index (χ2v) is 3.73. The predicted molar refractivity (Wildman–Crippen MR) is 77.7 cm³/mol. The van der Waals surface area contributed by atoms with E-state index in [0.29, 0.717) is 0 Å². The summed E-state index contributed by atoms with van der Waals surface area (Å²) in [5, 5.41) is 6.52. The minimum absolute atomic E-state index is 0. The van der Waals surface area contributed by atoms with Crippen LogP contribution in [0.4, 0.5) is 0 Å². The Labute approximate surface area is 115 Å². The van der Waals surface area contributed by atoms with E-state index in [1.807, 2.05) is 0 Å². The maximum Gasteiger partial charge on any atom is 0.191 e. The number of methoxy groups -OCH3 is 1. The van der Waals surface area contributed by atoms with Crippen LogP contribution in [0.3, 0.4) is 0 Å². The molecule has 6 heteroatoms. The van der Waals surface area contributed by atoms with Crippen LogP contribution in [0.2, 0.25) is 0 Å². The van der Waals surface area contributed by atoms with Gasteiger partial charge in [0.1, 0.15) is 0 Å². The second-order valence-electron chi connectivity index (χ2n) is 3.73. The largest absolute Gasteiger partial charge is 0.383 e. The van der Waals surface area contributed by atoms with Crippen LogP contribution in [0.1, 0.15) is 6.42 Å². The maximum atomic E-state index is 5.01. The summed E-state index contributed by atoms with van der Waals surface area (Å²) in [6.07, 6.45) is 1.14. The van der Waals surface area contributed by atoms with Crippen LogP contribution in [0.5, 0.6) is 0 Å². The molecule has 0 saturated carbocycles. The molecule has 0 saturated heterocycles. The summed E-state index contributed by atoms with van der Waals surface area (Å²) in [6.45, 7) is 5.66. The molecule has 0 spiro atoms. The van der Waals surface area contributed by atoms with Crippen molar-refractivity contribution >= 4 is 29.9 Å². The number of hydrogen-bond donors (Lipinski definition) is 2. The van der Waals surface area contributed by atoms with Crippen molar-refractivity contribution in [3.05, 3.63) is 0 Å². The Morgan fingerprint density at radius 1 is 1.50 bits per heavy atom. The minimum Gasteiger partial charge on any atom is -0.383 e. The summed E-state index contributed by atoms with van der Waals surface area (Å²) in [5.74, 6) is 0.946. The van der Waals surface area contributed by atoms with Crippen molar-refractivity contribution in [3.63, 3.8) is 0 Å². The van der Waals surface area contributed by atoms with Crippen molar-refractivity contribution in [2.24, 2.45) is 4.99 Å². The Morgan fingerprint density at radius 3 is 2.94 bits per heavy atom. The third-order valence-electron chi connectivity index (χ3n) is 2.36. The molecule has 5 nitrogen and oxygen atoms in total. The average Bonchev–Trinajstić information content (AvgIpc) is 2.28. The van der Waals surface area contributed by atoms with Gasteiger partial charge >= 0.3 is 0 Å². The first-order valence-electron chi connectivity index (χ1n) is 5.52. The highest BCUT2D eigenvalue weighted by atomic mass is 127. The quantitative estimate of drug-likeness (QED) is 0.674. The molecule has 0 aliphatic carbocycles. The molecule has 0 atom stereocenters. The van der Waals surface area contributed by atoms with Crippen molar-refractivity contribution < 1.29 is 4.74 Å². The third-order valence-corrected chi connectivity index (χ3v) is 2.36. The topological polar surface area (TPSA) is 48.9 Å². The van der Waals surface area contributed by atoms with Gasteiger partial charge in [-0.3, -0.25) is 4.99 Å². The van der Waals surface area contributed by atoms with E-state index in [1.54, 1.807) is 7.11 Å². The second kappa shape index (κ2) is 10.1. The summed E-state index contributed by atoms with van der Waals surface area (Å²) in [5.41, 5.74) is 0. The predicted octanol–water partition coefficient (Wildman–Crippen LogP) is 0.122. The van der Waals surface area contributed by atoms with Crippen molar-refractivity contribution in [2.45, 2.75) is 6.42 Å². The van der Waals surface area contributed by atoms with E-state index in [9.17, 15) is 0 Å². The van der Waals surface area contributed by atoms with Crippen LogP contribution >= 0.6 is 24.0 Å². The highest BCUT2D eigenvalue weighted by Crippen LogP contribution is 1.87. The van der Waals surface area contributed by atoms with E-state index in [0.717, 1.165) is 51.7 Å². The number of aliphatic imine (C=N–C) groups is 1. The van der Waals surface area contributed by atoms with E-state index < -0.39 is 0 Å². The van der Waals surface area contributed by atoms with Crippen molar-refractivity contribution in [2.75, 3.05) is 53.5 Å². The summed E-state index contributed by atoms with van der Waals surface area (Å²) in [6, 6.07) is 0. The van der Waals surface area contributed by atoms with Gasteiger partial charge in [-0.1, -0.05) is 0 Å². The first-order chi connectivity index (χ1) is 7.33. The molecule has 96 valence electrons. The summed E-state index contributed by atoms with van der Waals surface area (Å²) in [7, 11) is 3.82. The van der Waals surface area contributed by atoms with Crippen molar-refractivity contribution in [3.8, 4) is 0 Å². The number of ether oxygens (including phenoxy) is 1. The van der Waals surface area contributed by atoms with E-state index in [1.165, 1.54) is 0 Å². The van der Waals surface area contributed by atoms with E-state index >= 15 is 0 Å². The Hall–Kier alpha value is -0.0800. The van der Waals surface area contributed by atoms with E-state index in [-0.39, 0.29) is 24.0 Å². The monoisotopic (exact) mass is 342 g/mol. The molecule has 0 amide bonds. The molecule has 16 heavy (non-hydrogen) atoms. The van der Waals surface area contributed by atoms with Gasteiger partial charge in [0.25, 0.3) is 0 Å². The van der Waals surface area contributed by atoms with Gasteiger partial charge in [-0.2, -0.15) is 0 Å². The number of nitrogens with zero attached hydrogens (tertiary/aromatic N) is 2. The van der Waals surface area contributed by atoms with Gasteiger partial charge < -0.3 is 20.3 Å². The number of halogens is 1. The Balaban J connectivity index is 0.00000225. The lowest BCUT2D eigenvalue weighted by atomic mass is 10.4. The number of likely N-dealkylation sites (N-methyl/N-ethyl adjacent to an activating group) is 1. The van der Waals surface area contributed by atoms with E-state index in [2.05, 4.69) is 27.6 Å². The maximum absolute atomic E-state index is 5.01. The molecule has 1 heterocycles. The number of guanidine groups is 1. The SMILES string of the molecule is COCCN(C)CCNC1=NCCCN1.I. The average molecular weight is 342 g/mol. The van der Waals surface area contributed by atoms with Gasteiger partial charge in [0.2, 0.25) is 0 Å². The molecule has 0 unspecified atom stereocenters. The summed E-state index contributed by atoms with van der Waals surface area (Å²) >= 11 is 0. The fourth-order valence-electron chi connectivity index (χ4n) is 1.38. The van der Waals surface area contributed by atoms with Gasteiger partial charge in [0, 0.05) is 39.8 Å². The number of hydrogen-bond acceptors (Lipinski definition) is 5. The lowest BCUT2D eigenvalue weighted by Gasteiger charge is -2.19. The molecule has 0 aromatic heterocycles. The van der Waals surface area contributed by atoms with Crippen LogP contribution < -0.4 is 10.6 Å². The normalized spacial score (nSPS) is 15.1. The molecule has 1 rings (SSSR count). The van der Waals surface area contributed by atoms with Gasteiger partial charge in [-0.15, -0.1) is 24.0 Å². The van der Waals surface area contributed by atoms with Crippen LogP contribution in [-0.4, -0.2) is 64.3 Å². The van der Waals surface area contributed by atoms with Gasteiger partial charge in [-0.05, 0) is 13.5 Å². The number of rotatable bonds is 6. The molecule has 0 aromatic rings. The Kier molecular flexibility index (Phi) is 10.0. The molecule has 1 aliphatic rings. The van der Waals surface area contributed by atoms with Gasteiger partial charge in [0.05, 0.1) is 6.61 Å². The minimum atomic E-state index is 0. The lowest BCUT2D eigenvalue weighted by molar-refractivity contribution is 0.162. The fourth-order valence-corrected chi connectivity index (χ4v) is 1.38. The zero-order valence-corrected chi connectivity index (χ0v) is 12.5. The fraction of sp³-hybridized carbons (Fsp3) is 0.900. The summed E-state index contributed by atoms with van der Waals surface area (Å²) < 4.78 is 5.01. The first kappa shape index (κ1) is 15.9. The molecule has 0 bridgehead atoms. The van der Waals surface area contributed by atoms with E-state index in [4.69, 9.17) is 4.74 Å². The van der Waals surface area contributed by atoms with Crippen molar-refractivity contribution in [1.29, 1.82) is 0 Å². The molecule has 0 aromatic carbocycles. The van der Waals surface area contributed by atoms with Crippen LogP contribution in [0.15, 0.2) is 4.99 Å². The highest BCUT2D eigenvalue weighted by Gasteiger charge is 2.03. The smallest absolute Gasteiger partial charge is 0.191 e. The zero-order valence-electron chi connectivity index (χ0n) is 10.2. The highest BCUT2D eigenvalue weighted by molar-refractivity contribution is 14.0. The molecule has 0 radical (unpaired) electrons. The Morgan fingerprint density at radius 2 is 2.31 bits per heavy atom. The van der Waals surface area contributed by atoms with Gasteiger partial charge in [-0.25, -0.2) is 0 Å².